The lowest BCUT2D eigenvalue weighted by atomic mass is 9.63. The van der Waals surface area contributed by atoms with Gasteiger partial charge in [0, 0.05) is 24.1 Å². The summed E-state index contributed by atoms with van der Waals surface area (Å²) in [5.41, 5.74) is 5.96. The van der Waals surface area contributed by atoms with Gasteiger partial charge in [-0.1, -0.05) is 13.8 Å². The molecule has 1 aliphatic carbocycles. The van der Waals surface area contributed by atoms with Crippen LogP contribution in [0.15, 0.2) is 0 Å². The van der Waals surface area contributed by atoms with Crippen LogP contribution < -0.4 is 11.1 Å². The summed E-state index contributed by atoms with van der Waals surface area (Å²) in [7, 11) is 0. The van der Waals surface area contributed by atoms with Gasteiger partial charge < -0.3 is 15.8 Å². The molecule has 92 valence electrons. The standard InChI is InChI=1S/C12H22N2O2/c1-12(2)9(13)6-10(12)14-11(15)8-4-3-5-16-7-8/h8-10H,3-7,13H2,1-2H3,(H,14,15). The average molecular weight is 226 g/mol. The first kappa shape index (κ1) is 11.9. The molecule has 0 aromatic heterocycles. The van der Waals surface area contributed by atoms with Gasteiger partial charge in [0.2, 0.25) is 5.91 Å². The molecule has 4 nitrogen and oxygen atoms in total. The molecule has 3 N–H and O–H groups in total. The Balaban J connectivity index is 1.83. The fourth-order valence-corrected chi connectivity index (χ4v) is 2.44. The number of amides is 1. The normalized spacial score (nSPS) is 37.6. The second-order valence-corrected chi connectivity index (χ2v) is 5.64. The molecule has 1 amide bonds. The highest BCUT2D eigenvalue weighted by Crippen LogP contribution is 2.39. The van der Waals surface area contributed by atoms with E-state index in [4.69, 9.17) is 10.5 Å². The quantitative estimate of drug-likeness (QED) is 0.727. The summed E-state index contributed by atoms with van der Waals surface area (Å²) >= 11 is 0. The van der Waals surface area contributed by atoms with E-state index in [1.165, 1.54) is 0 Å². The molecule has 2 aliphatic rings. The molecule has 1 aliphatic heterocycles. The van der Waals surface area contributed by atoms with Crippen LogP contribution in [0.3, 0.4) is 0 Å². The van der Waals surface area contributed by atoms with Crippen LogP contribution in [0.4, 0.5) is 0 Å². The summed E-state index contributed by atoms with van der Waals surface area (Å²) in [6.07, 6.45) is 2.84. The third kappa shape index (κ3) is 2.09. The van der Waals surface area contributed by atoms with Gasteiger partial charge in [-0.15, -0.1) is 0 Å². The van der Waals surface area contributed by atoms with Crippen molar-refractivity contribution in [3.05, 3.63) is 0 Å². The molecular formula is C12H22N2O2. The molecule has 0 bridgehead atoms. The smallest absolute Gasteiger partial charge is 0.225 e. The van der Waals surface area contributed by atoms with Crippen LogP contribution in [0.2, 0.25) is 0 Å². The molecule has 0 spiro atoms. The van der Waals surface area contributed by atoms with E-state index in [0.717, 1.165) is 25.9 Å². The Morgan fingerprint density at radius 2 is 2.25 bits per heavy atom. The number of hydrogen-bond donors (Lipinski definition) is 2. The molecule has 2 fully saturated rings. The zero-order chi connectivity index (χ0) is 11.8. The van der Waals surface area contributed by atoms with Crippen molar-refractivity contribution in [1.82, 2.24) is 5.32 Å². The predicted octanol–water partition coefficient (Wildman–Crippen LogP) is 0.655. The van der Waals surface area contributed by atoms with Crippen LogP contribution in [0.1, 0.15) is 33.1 Å². The number of carbonyl (C=O) groups is 1. The summed E-state index contributed by atoms with van der Waals surface area (Å²) in [4.78, 5) is 12.0. The van der Waals surface area contributed by atoms with Crippen LogP contribution in [0, 0.1) is 11.3 Å². The van der Waals surface area contributed by atoms with Gasteiger partial charge in [-0.25, -0.2) is 0 Å². The minimum absolute atomic E-state index is 0.0329. The lowest BCUT2D eigenvalue weighted by Crippen LogP contribution is -2.65. The molecule has 1 saturated carbocycles. The number of nitrogens with one attached hydrogen (secondary N) is 1. The largest absolute Gasteiger partial charge is 0.381 e. The van der Waals surface area contributed by atoms with Crippen LogP contribution in [-0.2, 0) is 9.53 Å². The van der Waals surface area contributed by atoms with Crippen molar-refractivity contribution >= 4 is 5.91 Å². The Morgan fingerprint density at radius 3 is 2.75 bits per heavy atom. The molecule has 16 heavy (non-hydrogen) atoms. The van der Waals surface area contributed by atoms with Gasteiger partial charge in [0.15, 0.2) is 0 Å². The van der Waals surface area contributed by atoms with Crippen molar-refractivity contribution in [2.75, 3.05) is 13.2 Å². The van der Waals surface area contributed by atoms with Gasteiger partial charge in [0.05, 0.1) is 12.5 Å². The fourth-order valence-electron chi connectivity index (χ4n) is 2.44. The second-order valence-electron chi connectivity index (χ2n) is 5.64. The highest BCUT2D eigenvalue weighted by molar-refractivity contribution is 5.79. The van der Waals surface area contributed by atoms with Crippen LogP contribution in [-0.4, -0.2) is 31.2 Å². The van der Waals surface area contributed by atoms with Crippen molar-refractivity contribution in [2.24, 2.45) is 17.1 Å². The van der Waals surface area contributed by atoms with E-state index in [-0.39, 0.29) is 29.3 Å². The van der Waals surface area contributed by atoms with Gasteiger partial charge in [0.25, 0.3) is 0 Å². The average Bonchev–Trinajstić information content (AvgIpc) is 2.29. The van der Waals surface area contributed by atoms with E-state index in [9.17, 15) is 4.79 Å². The Hall–Kier alpha value is -0.610. The number of ether oxygens (including phenoxy) is 1. The molecule has 4 heteroatoms. The lowest BCUT2D eigenvalue weighted by Gasteiger charge is -2.50. The molecular weight excluding hydrogens is 204 g/mol. The van der Waals surface area contributed by atoms with E-state index in [1.54, 1.807) is 0 Å². The Labute approximate surface area is 96.9 Å². The molecule has 2 rings (SSSR count). The summed E-state index contributed by atoms with van der Waals surface area (Å²) in [6, 6.07) is 0.442. The van der Waals surface area contributed by atoms with Crippen molar-refractivity contribution in [3.8, 4) is 0 Å². The van der Waals surface area contributed by atoms with E-state index >= 15 is 0 Å². The van der Waals surface area contributed by atoms with Gasteiger partial charge in [-0.05, 0) is 19.3 Å². The van der Waals surface area contributed by atoms with Crippen molar-refractivity contribution in [2.45, 2.75) is 45.2 Å². The highest BCUT2D eigenvalue weighted by Gasteiger charge is 2.47. The highest BCUT2D eigenvalue weighted by atomic mass is 16.5. The summed E-state index contributed by atoms with van der Waals surface area (Å²) in [6.45, 7) is 5.60. The van der Waals surface area contributed by atoms with Crippen LogP contribution >= 0.6 is 0 Å². The maximum Gasteiger partial charge on any atom is 0.225 e. The van der Waals surface area contributed by atoms with Gasteiger partial charge in [0.1, 0.15) is 0 Å². The molecule has 3 atom stereocenters. The summed E-state index contributed by atoms with van der Waals surface area (Å²) in [5.74, 6) is 0.186. The number of nitrogens with two attached hydrogens (primary N) is 1. The van der Waals surface area contributed by atoms with Gasteiger partial charge in [-0.2, -0.15) is 0 Å². The van der Waals surface area contributed by atoms with E-state index in [1.807, 2.05) is 0 Å². The van der Waals surface area contributed by atoms with E-state index in [0.29, 0.717) is 6.61 Å². The summed E-state index contributed by atoms with van der Waals surface area (Å²) < 4.78 is 5.32. The van der Waals surface area contributed by atoms with E-state index < -0.39 is 0 Å². The monoisotopic (exact) mass is 226 g/mol. The minimum Gasteiger partial charge on any atom is -0.381 e. The first-order valence-electron chi connectivity index (χ1n) is 6.15. The first-order valence-corrected chi connectivity index (χ1v) is 6.15. The number of rotatable bonds is 2. The first-order chi connectivity index (χ1) is 7.51. The van der Waals surface area contributed by atoms with Crippen LogP contribution in [0.5, 0.6) is 0 Å². The molecule has 0 aromatic rings. The van der Waals surface area contributed by atoms with Crippen molar-refractivity contribution < 1.29 is 9.53 Å². The molecule has 0 aromatic carbocycles. The maximum absolute atomic E-state index is 12.0. The van der Waals surface area contributed by atoms with Crippen molar-refractivity contribution in [3.63, 3.8) is 0 Å². The van der Waals surface area contributed by atoms with Gasteiger partial charge in [-0.3, -0.25) is 4.79 Å². The van der Waals surface area contributed by atoms with Crippen LogP contribution in [0.25, 0.3) is 0 Å². The zero-order valence-corrected chi connectivity index (χ0v) is 10.2. The van der Waals surface area contributed by atoms with E-state index in [2.05, 4.69) is 19.2 Å². The third-order valence-electron chi connectivity index (χ3n) is 4.19. The molecule has 3 unspecified atom stereocenters. The molecule has 1 heterocycles. The Kier molecular flexibility index (Phi) is 3.22. The van der Waals surface area contributed by atoms with Gasteiger partial charge >= 0.3 is 0 Å². The fraction of sp³-hybridized carbons (Fsp3) is 0.917. The maximum atomic E-state index is 12.0. The Morgan fingerprint density at radius 1 is 1.50 bits per heavy atom. The topological polar surface area (TPSA) is 64.3 Å². The number of carbonyl (C=O) groups excluding carboxylic acids is 1. The third-order valence-corrected chi connectivity index (χ3v) is 4.19. The predicted molar refractivity (Wildman–Crippen MR) is 61.8 cm³/mol. The lowest BCUT2D eigenvalue weighted by molar-refractivity contribution is -0.132. The summed E-state index contributed by atoms with van der Waals surface area (Å²) in [5, 5.41) is 3.11. The SMILES string of the molecule is CC1(C)C(N)CC1NC(=O)C1CCCOC1. The number of hydrogen-bond acceptors (Lipinski definition) is 3. The second kappa shape index (κ2) is 4.34. The molecule has 0 radical (unpaired) electrons. The van der Waals surface area contributed by atoms with Crippen molar-refractivity contribution in [1.29, 1.82) is 0 Å². The zero-order valence-electron chi connectivity index (χ0n) is 10.2. The molecule has 1 saturated heterocycles. The minimum atomic E-state index is 0.0329. The Bertz CT molecular complexity index is 272.